The van der Waals surface area contributed by atoms with Crippen LogP contribution < -0.4 is 0 Å². The molecule has 1 saturated carbocycles. The average molecular weight is 368 g/mol. The van der Waals surface area contributed by atoms with Gasteiger partial charge < -0.3 is 9.88 Å². The highest BCUT2D eigenvalue weighted by Gasteiger charge is 2.24. The number of rotatable bonds is 7. The van der Waals surface area contributed by atoms with Crippen molar-refractivity contribution in [2.75, 3.05) is 20.1 Å². The summed E-state index contributed by atoms with van der Waals surface area (Å²) in [5, 5.41) is 0. The van der Waals surface area contributed by atoms with E-state index in [9.17, 15) is 0 Å². The molecule has 0 atom stereocenters. The van der Waals surface area contributed by atoms with Gasteiger partial charge in [0, 0.05) is 49.8 Å². The molecular formula is C22H33N5. The molecule has 1 aliphatic heterocycles. The summed E-state index contributed by atoms with van der Waals surface area (Å²) >= 11 is 0. The summed E-state index contributed by atoms with van der Waals surface area (Å²) in [6.45, 7) is 4.27. The number of imidazole rings is 1. The first-order valence-corrected chi connectivity index (χ1v) is 10.6. The van der Waals surface area contributed by atoms with E-state index in [1.54, 1.807) is 0 Å². The molecule has 4 rings (SSSR count). The summed E-state index contributed by atoms with van der Waals surface area (Å²) < 4.78 is 0. The normalized spacial score (nSPS) is 19.9. The highest BCUT2D eigenvalue weighted by Crippen LogP contribution is 2.27. The molecule has 0 amide bonds. The summed E-state index contributed by atoms with van der Waals surface area (Å²) in [5.74, 6) is 2.02. The van der Waals surface area contributed by atoms with Crippen LogP contribution in [-0.2, 0) is 19.5 Å². The predicted octanol–water partition coefficient (Wildman–Crippen LogP) is 3.63. The molecule has 0 spiro atoms. The second-order valence-electron chi connectivity index (χ2n) is 8.51. The van der Waals surface area contributed by atoms with Crippen LogP contribution in [0.2, 0.25) is 0 Å². The Balaban J connectivity index is 1.42. The Kier molecular flexibility index (Phi) is 6.20. The SMILES string of the molecule is CN1CCC(N(Cc2cccnc2)Cc2cnc(CC3CCCC3)[nH]2)CC1. The fourth-order valence-corrected chi connectivity index (χ4v) is 4.70. The van der Waals surface area contributed by atoms with Crippen LogP contribution in [0.5, 0.6) is 0 Å². The first-order valence-electron chi connectivity index (χ1n) is 10.6. The molecule has 2 aromatic rings. The van der Waals surface area contributed by atoms with Crippen molar-refractivity contribution in [3.63, 3.8) is 0 Å². The van der Waals surface area contributed by atoms with Gasteiger partial charge in [-0.15, -0.1) is 0 Å². The number of nitrogens with one attached hydrogen (secondary N) is 1. The summed E-state index contributed by atoms with van der Waals surface area (Å²) in [5.41, 5.74) is 2.55. The third-order valence-corrected chi connectivity index (χ3v) is 6.32. The first kappa shape index (κ1) is 18.6. The minimum atomic E-state index is 0.628. The molecule has 5 nitrogen and oxygen atoms in total. The van der Waals surface area contributed by atoms with Gasteiger partial charge in [-0.3, -0.25) is 9.88 Å². The van der Waals surface area contributed by atoms with Crippen molar-refractivity contribution in [2.24, 2.45) is 5.92 Å². The molecule has 0 radical (unpaired) electrons. The Hall–Kier alpha value is -1.72. The van der Waals surface area contributed by atoms with E-state index in [1.165, 1.54) is 68.7 Å². The van der Waals surface area contributed by atoms with Crippen molar-refractivity contribution in [1.29, 1.82) is 0 Å². The van der Waals surface area contributed by atoms with Crippen molar-refractivity contribution >= 4 is 0 Å². The van der Waals surface area contributed by atoms with Gasteiger partial charge >= 0.3 is 0 Å². The van der Waals surface area contributed by atoms with Crippen LogP contribution in [0.15, 0.2) is 30.7 Å². The lowest BCUT2D eigenvalue weighted by atomic mass is 10.0. The predicted molar refractivity (Wildman–Crippen MR) is 108 cm³/mol. The molecule has 2 fully saturated rings. The van der Waals surface area contributed by atoms with Crippen LogP contribution in [0.1, 0.15) is 55.6 Å². The van der Waals surface area contributed by atoms with Gasteiger partial charge in [-0.05, 0) is 50.5 Å². The van der Waals surface area contributed by atoms with E-state index < -0.39 is 0 Å². The Labute approximate surface area is 163 Å². The van der Waals surface area contributed by atoms with Gasteiger partial charge in [0.15, 0.2) is 0 Å². The summed E-state index contributed by atoms with van der Waals surface area (Å²) in [6, 6.07) is 4.86. The highest BCUT2D eigenvalue weighted by molar-refractivity contribution is 5.10. The van der Waals surface area contributed by atoms with Gasteiger partial charge in [-0.2, -0.15) is 0 Å². The monoisotopic (exact) mass is 367 g/mol. The van der Waals surface area contributed by atoms with Gasteiger partial charge in [-0.25, -0.2) is 4.98 Å². The minimum Gasteiger partial charge on any atom is -0.345 e. The van der Waals surface area contributed by atoms with Crippen LogP contribution in [0.4, 0.5) is 0 Å². The third-order valence-electron chi connectivity index (χ3n) is 6.32. The third kappa shape index (κ3) is 5.17. The Morgan fingerprint density at radius 1 is 1.11 bits per heavy atom. The molecule has 5 heteroatoms. The quantitative estimate of drug-likeness (QED) is 0.812. The number of aromatic nitrogens is 3. The number of nitrogens with zero attached hydrogens (tertiary/aromatic N) is 4. The molecule has 1 saturated heterocycles. The van der Waals surface area contributed by atoms with E-state index in [0.717, 1.165) is 25.4 Å². The lowest BCUT2D eigenvalue weighted by Crippen LogP contribution is -2.43. The van der Waals surface area contributed by atoms with Gasteiger partial charge in [0.1, 0.15) is 5.82 Å². The second-order valence-corrected chi connectivity index (χ2v) is 8.51. The van der Waals surface area contributed by atoms with E-state index in [1.807, 2.05) is 18.5 Å². The maximum atomic E-state index is 4.69. The zero-order valence-electron chi connectivity index (χ0n) is 16.6. The van der Waals surface area contributed by atoms with Gasteiger partial charge in [0.25, 0.3) is 0 Å². The Morgan fingerprint density at radius 2 is 1.93 bits per heavy atom. The minimum absolute atomic E-state index is 0.628. The smallest absolute Gasteiger partial charge is 0.106 e. The van der Waals surface area contributed by atoms with Crippen LogP contribution in [-0.4, -0.2) is 50.9 Å². The number of piperidine rings is 1. The lowest BCUT2D eigenvalue weighted by Gasteiger charge is -2.37. The Bertz CT molecular complexity index is 684. The molecule has 0 aromatic carbocycles. The summed E-state index contributed by atoms with van der Waals surface area (Å²) in [6.07, 6.45) is 15.1. The van der Waals surface area contributed by atoms with Gasteiger partial charge in [0.2, 0.25) is 0 Å². The number of H-pyrrole nitrogens is 1. The molecular weight excluding hydrogens is 334 g/mol. The van der Waals surface area contributed by atoms with E-state index in [2.05, 4.69) is 39.1 Å². The van der Waals surface area contributed by atoms with E-state index >= 15 is 0 Å². The molecule has 2 aliphatic rings. The van der Waals surface area contributed by atoms with Crippen LogP contribution in [0.25, 0.3) is 0 Å². The van der Waals surface area contributed by atoms with Crippen molar-refractivity contribution < 1.29 is 0 Å². The maximum absolute atomic E-state index is 4.69. The average Bonchev–Trinajstić information content (AvgIpc) is 3.35. The number of aromatic amines is 1. The van der Waals surface area contributed by atoms with Gasteiger partial charge in [-0.1, -0.05) is 31.7 Å². The number of likely N-dealkylation sites (tertiary alicyclic amines) is 1. The lowest BCUT2D eigenvalue weighted by molar-refractivity contribution is 0.107. The molecule has 0 unspecified atom stereocenters. The molecule has 2 aromatic heterocycles. The largest absolute Gasteiger partial charge is 0.345 e. The van der Waals surface area contributed by atoms with E-state index in [0.29, 0.717) is 6.04 Å². The summed E-state index contributed by atoms with van der Waals surface area (Å²) in [4.78, 5) is 17.7. The van der Waals surface area contributed by atoms with E-state index in [-0.39, 0.29) is 0 Å². The fraction of sp³-hybridized carbons (Fsp3) is 0.636. The zero-order chi connectivity index (χ0) is 18.5. The Morgan fingerprint density at radius 3 is 2.67 bits per heavy atom. The van der Waals surface area contributed by atoms with Crippen molar-refractivity contribution in [3.05, 3.63) is 47.8 Å². The first-order chi connectivity index (χ1) is 13.3. The summed E-state index contributed by atoms with van der Waals surface area (Å²) in [7, 11) is 2.23. The molecule has 1 N–H and O–H groups in total. The molecule has 1 aliphatic carbocycles. The number of hydrogen-bond acceptors (Lipinski definition) is 4. The van der Waals surface area contributed by atoms with Crippen molar-refractivity contribution in [3.8, 4) is 0 Å². The van der Waals surface area contributed by atoms with Crippen molar-refractivity contribution in [1.82, 2.24) is 24.8 Å². The number of hydrogen-bond donors (Lipinski definition) is 1. The molecule has 0 bridgehead atoms. The molecule has 146 valence electrons. The number of pyridine rings is 1. The van der Waals surface area contributed by atoms with Crippen LogP contribution >= 0.6 is 0 Å². The highest BCUT2D eigenvalue weighted by atomic mass is 15.2. The van der Waals surface area contributed by atoms with Crippen molar-refractivity contribution in [2.45, 2.75) is 64.1 Å². The maximum Gasteiger partial charge on any atom is 0.106 e. The standard InChI is InChI=1S/C22H33N5/c1-26-11-8-21(9-12-26)27(16-19-7-4-10-23-14-19)17-20-15-24-22(25-20)13-18-5-2-3-6-18/h4,7,10,14-15,18,21H,2-3,5-6,8-9,11-13,16-17H2,1H3,(H,24,25). The molecule has 3 heterocycles. The molecule has 27 heavy (non-hydrogen) atoms. The van der Waals surface area contributed by atoms with Gasteiger partial charge in [0.05, 0.1) is 0 Å². The fourth-order valence-electron chi connectivity index (χ4n) is 4.70. The van der Waals surface area contributed by atoms with E-state index in [4.69, 9.17) is 4.98 Å². The topological polar surface area (TPSA) is 48.1 Å². The van der Waals surface area contributed by atoms with Crippen LogP contribution in [0, 0.1) is 5.92 Å². The second kappa shape index (κ2) is 8.98. The van der Waals surface area contributed by atoms with Crippen LogP contribution in [0.3, 0.4) is 0 Å². The zero-order valence-corrected chi connectivity index (χ0v) is 16.6.